The molecule has 0 amide bonds. The number of benzene rings is 4. The molecule has 0 bridgehead atoms. The van der Waals surface area contributed by atoms with E-state index in [1.54, 1.807) is 0 Å². The summed E-state index contributed by atoms with van der Waals surface area (Å²) in [7, 11) is 1.43. The number of rotatable bonds is 12. The van der Waals surface area contributed by atoms with Crippen LogP contribution in [0.25, 0.3) is 21.8 Å². The number of pyridine rings is 2. The van der Waals surface area contributed by atoms with Gasteiger partial charge in [0, 0.05) is 61.8 Å². The van der Waals surface area contributed by atoms with Crippen LogP contribution in [0, 0.1) is 0 Å². The summed E-state index contributed by atoms with van der Waals surface area (Å²) in [5, 5.41) is 12.0. The predicted molar refractivity (Wildman–Crippen MR) is 231 cm³/mol. The Morgan fingerprint density at radius 1 is 0.593 bits per heavy atom. The monoisotopic (exact) mass is 778 g/mol. The van der Waals surface area contributed by atoms with Gasteiger partial charge in [-0.1, -0.05) is 72.8 Å². The van der Waals surface area contributed by atoms with Gasteiger partial charge in [0.1, 0.15) is 0 Å². The van der Waals surface area contributed by atoms with E-state index in [4.69, 9.17) is 4.74 Å². The smallest absolute Gasteiger partial charge is 0.339 e. The molecule has 8 aromatic rings. The third kappa shape index (κ3) is 8.72. The van der Waals surface area contributed by atoms with Crippen molar-refractivity contribution < 1.29 is 19.4 Å². The Kier molecular flexibility index (Phi) is 10.6. The van der Waals surface area contributed by atoms with Gasteiger partial charge in [0.05, 0.1) is 29.6 Å². The maximum atomic E-state index is 12.3. The van der Waals surface area contributed by atoms with Crippen molar-refractivity contribution in [2.45, 2.75) is 63.5 Å². The highest BCUT2D eigenvalue weighted by Gasteiger charge is 2.27. The Labute approximate surface area is 343 Å². The van der Waals surface area contributed by atoms with Crippen LogP contribution in [0.5, 0.6) is 0 Å². The lowest BCUT2D eigenvalue weighted by Crippen LogP contribution is -2.09. The second kappa shape index (κ2) is 16.6. The molecule has 2 aliphatic carbocycles. The highest BCUT2D eigenvalue weighted by atomic mass is 16.5. The molecule has 2 aliphatic rings. The van der Waals surface area contributed by atoms with Gasteiger partial charge in [0.25, 0.3) is 0 Å². The molecule has 10 rings (SSSR count). The molecular weight excluding hydrogens is 733 g/mol. The highest BCUT2D eigenvalue weighted by Crippen LogP contribution is 2.41. The van der Waals surface area contributed by atoms with Crippen LogP contribution < -0.4 is 0 Å². The van der Waals surface area contributed by atoms with Crippen LogP contribution in [0.1, 0.15) is 103 Å². The lowest BCUT2D eigenvalue weighted by molar-refractivity contribution is 0.0598. The third-order valence-corrected chi connectivity index (χ3v) is 11.5. The number of aromatic nitrogens is 4. The largest absolute Gasteiger partial charge is 0.478 e. The lowest BCUT2D eigenvalue weighted by atomic mass is 10.0. The zero-order valence-corrected chi connectivity index (χ0v) is 33.1. The minimum absolute atomic E-state index is 0.310. The number of ether oxygens (including phenoxy) is 1. The van der Waals surface area contributed by atoms with E-state index >= 15 is 0 Å². The lowest BCUT2D eigenvalue weighted by Gasteiger charge is -2.10. The number of hydrogen-bond acceptors (Lipinski definition) is 5. The number of carboxylic acid groups (broad SMARTS) is 1. The van der Waals surface area contributed by atoms with Crippen LogP contribution in [0.3, 0.4) is 0 Å². The van der Waals surface area contributed by atoms with Gasteiger partial charge in [-0.15, -0.1) is 0 Å². The van der Waals surface area contributed by atoms with E-state index in [1.807, 2.05) is 36.7 Å². The van der Waals surface area contributed by atoms with E-state index in [1.165, 1.54) is 47.5 Å². The fourth-order valence-electron chi connectivity index (χ4n) is 7.99. The Morgan fingerprint density at radius 2 is 1.05 bits per heavy atom. The molecule has 0 aliphatic heterocycles. The van der Waals surface area contributed by atoms with Gasteiger partial charge < -0.3 is 19.0 Å². The van der Waals surface area contributed by atoms with Crippen molar-refractivity contribution in [1.29, 1.82) is 0 Å². The van der Waals surface area contributed by atoms with Gasteiger partial charge in [-0.3, -0.25) is 9.97 Å². The van der Waals surface area contributed by atoms with Gasteiger partial charge in [-0.2, -0.15) is 0 Å². The van der Waals surface area contributed by atoms with Gasteiger partial charge in [-0.05, 0) is 130 Å². The van der Waals surface area contributed by atoms with Gasteiger partial charge in [0.15, 0.2) is 0 Å². The van der Waals surface area contributed by atoms with E-state index in [2.05, 4.69) is 129 Å². The maximum absolute atomic E-state index is 12.3. The summed E-state index contributed by atoms with van der Waals surface area (Å²) in [6, 6.07) is 41.7. The molecule has 8 heteroatoms. The average Bonchev–Trinajstić information content (AvgIpc) is 4.21. The first-order chi connectivity index (χ1) is 28.9. The normalized spacial score (nSPS) is 13.6. The van der Waals surface area contributed by atoms with E-state index in [0.29, 0.717) is 41.5 Å². The fourth-order valence-corrected chi connectivity index (χ4v) is 7.99. The summed E-state index contributed by atoms with van der Waals surface area (Å²) < 4.78 is 9.51. The standard InChI is InChI=1S/C26H24N2O2.C25H22N2O2/c1-30-26(29)23-15-22(20-8-9-20)16-27-24(23)14-19-7-10-25-21(13-19)11-12-28(25)17-18-5-3-2-4-6-18;28-25(29)22-14-21(19-7-8-19)15-26-23(22)13-18-6-9-24-20(12-18)10-11-27(24)16-17-4-2-1-3-5-17/h2-7,10-13,15-16,20H,8-9,14,17H2,1H3;1-6,9-12,14-15,19H,7-8,13,16H2,(H,28,29). The van der Waals surface area contributed by atoms with Crippen LogP contribution >= 0.6 is 0 Å². The first-order valence-corrected chi connectivity index (χ1v) is 20.4. The molecule has 8 nitrogen and oxygen atoms in total. The van der Waals surface area contributed by atoms with Crippen molar-refractivity contribution in [2.24, 2.45) is 0 Å². The molecule has 0 atom stereocenters. The summed E-state index contributed by atoms with van der Waals surface area (Å²) in [6.07, 6.45) is 13.8. The fraction of sp³-hybridized carbons (Fsp3) is 0.216. The van der Waals surface area contributed by atoms with Crippen LogP contribution in [0.2, 0.25) is 0 Å². The van der Waals surface area contributed by atoms with E-state index in [-0.39, 0.29) is 5.97 Å². The molecular formula is C51H46N4O4. The second-order valence-electron chi connectivity index (χ2n) is 15.9. The van der Waals surface area contributed by atoms with Crippen LogP contribution in [-0.4, -0.2) is 43.3 Å². The summed E-state index contributed by atoms with van der Waals surface area (Å²) in [6.45, 7) is 1.68. The number of carbonyl (C=O) groups is 2. The van der Waals surface area contributed by atoms with Crippen LogP contribution in [-0.2, 0) is 30.7 Å². The number of methoxy groups -OCH3 is 1. The minimum atomic E-state index is -0.898. The van der Waals surface area contributed by atoms with Crippen molar-refractivity contribution in [3.05, 3.63) is 202 Å². The summed E-state index contributed by atoms with van der Waals surface area (Å²) in [4.78, 5) is 33.2. The molecule has 0 spiro atoms. The van der Waals surface area contributed by atoms with Crippen LogP contribution in [0.4, 0.5) is 0 Å². The molecule has 4 aromatic heterocycles. The Morgan fingerprint density at radius 3 is 1.49 bits per heavy atom. The zero-order valence-electron chi connectivity index (χ0n) is 33.1. The molecule has 0 unspecified atom stereocenters. The molecule has 1 N–H and O–H groups in total. The van der Waals surface area contributed by atoms with Crippen molar-refractivity contribution in [1.82, 2.24) is 19.1 Å². The number of carbonyl (C=O) groups excluding carboxylic acids is 1. The predicted octanol–water partition coefficient (Wildman–Crippen LogP) is 10.6. The number of hydrogen-bond donors (Lipinski definition) is 1. The Hall–Kier alpha value is -6.80. The second-order valence-corrected chi connectivity index (χ2v) is 15.9. The molecule has 4 aromatic carbocycles. The van der Waals surface area contributed by atoms with Gasteiger partial charge in [0.2, 0.25) is 0 Å². The van der Waals surface area contributed by atoms with Crippen LogP contribution in [0.15, 0.2) is 146 Å². The highest BCUT2D eigenvalue weighted by molar-refractivity contribution is 5.91. The molecule has 0 radical (unpaired) electrons. The topological polar surface area (TPSA) is 99.2 Å². The first-order valence-electron chi connectivity index (χ1n) is 20.4. The van der Waals surface area contributed by atoms with Gasteiger partial charge >= 0.3 is 11.9 Å². The minimum Gasteiger partial charge on any atom is -0.478 e. The third-order valence-electron chi connectivity index (χ3n) is 11.5. The summed E-state index contributed by atoms with van der Waals surface area (Å²) in [5.41, 5.74) is 11.6. The first kappa shape index (κ1) is 37.8. The summed E-state index contributed by atoms with van der Waals surface area (Å²) in [5.74, 6) is -0.161. The van der Waals surface area contributed by atoms with Crippen molar-refractivity contribution in [3.8, 4) is 0 Å². The van der Waals surface area contributed by atoms with Crippen molar-refractivity contribution >= 4 is 33.7 Å². The number of carboxylic acids is 1. The molecule has 294 valence electrons. The van der Waals surface area contributed by atoms with Crippen molar-refractivity contribution in [3.63, 3.8) is 0 Å². The van der Waals surface area contributed by atoms with E-state index in [9.17, 15) is 14.7 Å². The SMILES string of the molecule is COC(=O)c1cc(C2CC2)cnc1Cc1ccc2c(ccn2Cc2ccccc2)c1.O=C(O)c1cc(C2CC2)cnc1Cc1ccc2c(ccn2Cc2ccccc2)c1. The number of fused-ring (bicyclic) bond motifs is 2. The Bertz CT molecular complexity index is 2780. The van der Waals surface area contributed by atoms with E-state index < -0.39 is 5.97 Å². The van der Waals surface area contributed by atoms with Gasteiger partial charge in [-0.25, -0.2) is 9.59 Å². The molecule has 0 saturated heterocycles. The molecule has 2 saturated carbocycles. The quantitative estimate of drug-likeness (QED) is 0.124. The Balaban J connectivity index is 0.000000152. The average molecular weight is 779 g/mol. The van der Waals surface area contributed by atoms with Crippen molar-refractivity contribution in [2.75, 3.05) is 7.11 Å². The number of aromatic carboxylic acids is 1. The number of nitrogens with zero attached hydrogens (tertiary/aromatic N) is 4. The maximum Gasteiger partial charge on any atom is 0.339 e. The molecule has 59 heavy (non-hydrogen) atoms. The van der Waals surface area contributed by atoms with E-state index in [0.717, 1.165) is 59.3 Å². The summed E-state index contributed by atoms with van der Waals surface area (Å²) >= 11 is 0. The molecule has 2 fully saturated rings. The molecule has 4 heterocycles. The number of esters is 1. The zero-order chi connectivity index (χ0) is 40.3.